The number of sulfonamides is 1. The molecule has 2 aromatic carbocycles. The van der Waals surface area contributed by atoms with E-state index in [1.54, 1.807) is 37.4 Å². The van der Waals surface area contributed by atoms with Crippen LogP contribution in [-0.4, -0.2) is 37.3 Å². The minimum absolute atomic E-state index is 0.0407. The monoisotopic (exact) mass is 444 g/mol. The number of rotatable bonds is 8. The minimum Gasteiger partial charge on any atom is -0.495 e. The van der Waals surface area contributed by atoms with Gasteiger partial charge in [0.15, 0.2) is 0 Å². The molecule has 0 spiro atoms. The number of anilines is 2. The van der Waals surface area contributed by atoms with Crippen LogP contribution >= 0.6 is 0 Å². The number of amides is 1. The summed E-state index contributed by atoms with van der Waals surface area (Å²) in [6.07, 6.45) is 1.47. The second kappa shape index (κ2) is 9.09. The first-order valence-corrected chi connectivity index (χ1v) is 10.9. The normalized spacial score (nSPS) is 11.3. The molecule has 0 atom stereocenters. The molecule has 1 heterocycles. The molecule has 1 amide bonds. The first-order valence-electron chi connectivity index (χ1n) is 9.46. The molecule has 9 nitrogen and oxygen atoms in total. The van der Waals surface area contributed by atoms with Gasteiger partial charge in [-0.05, 0) is 44.2 Å². The number of methoxy groups -OCH3 is 1. The van der Waals surface area contributed by atoms with Crippen molar-refractivity contribution < 1.29 is 22.7 Å². The number of aryl methyl sites for hydroxylation is 1. The molecule has 0 bridgehead atoms. The highest BCUT2D eigenvalue weighted by molar-refractivity contribution is 7.92. The summed E-state index contributed by atoms with van der Waals surface area (Å²) < 4.78 is 40.7. The Morgan fingerprint density at radius 2 is 1.87 bits per heavy atom. The molecule has 2 N–H and O–H groups in total. The summed E-state index contributed by atoms with van der Waals surface area (Å²) in [4.78, 5) is 12.3. The standard InChI is InChI=1S/C21H24N4O5S/c1-14(2)30-17-7-5-6-16(12-17)24-31(27,28)20-9-8-15(13-19(20)29-4)23-21(26)18-10-11-22-25(18)3/h5-14,24H,1-4H3,(H,23,26). The molecule has 10 heteroatoms. The number of hydrogen-bond acceptors (Lipinski definition) is 6. The molecule has 0 aliphatic heterocycles. The van der Waals surface area contributed by atoms with Crippen molar-refractivity contribution in [3.05, 3.63) is 60.4 Å². The summed E-state index contributed by atoms with van der Waals surface area (Å²) in [5, 5.41) is 6.66. The van der Waals surface area contributed by atoms with Crippen LogP contribution in [-0.2, 0) is 17.1 Å². The molecule has 164 valence electrons. The van der Waals surface area contributed by atoms with E-state index in [1.165, 1.54) is 36.2 Å². The van der Waals surface area contributed by atoms with Crippen LogP contribution in [0.3, 0.4) is 0 Å². The Hall–Kier alpha value is -3.53. The molecule has 3 rings (SSSR count). The molecule has 31 heavy (non-hydrogen) atoms. The molecule has 0 saturated heterocycles. The molecule has 0 saturated carbocycles. The largest absolute Gasteiger partial charge is 0.495 e. The average molecular weight is 445 g/mol. The van der Waals surface area contributed by atoms with Crippen LogP contribution in [0.25, 0.3) is 0 Å². The summed E-state index contributed by atoms with van der Waals surface area (Å²) in [6.45, 7) is 3.77. The topological polar surface area (TPSA) is 112 Å². The van der Waals surface area contributed by atoms with E-state index < -0.39 is 10.0 Å². The first-order chi connectivity index (χ1) is 14.7. The lowest BCUT2D eigenvalue weighted by atomic mass is 10.3. The summed E-state index contributed by atoms with van der Waals surface area (Å²) >= 11 is 0. The van der Waals surface area contributed by atoms with Gasteiger partial charge in [0.2, 0.25) is 0 Å². The van der Waals surface area contributed by atoms with Crippen LogP contribution < -0.4 is 19.5 Å². The fourth-order valence-corrected chi connectivity index (χ4v) is 4.08. The summed E-state index contributed by atoms with van der Waals surface area (Å²) in [6, 6.07) is 12.6. The van der Waals surface area contributed by atoms with Crippen molar-refractivity contribution in [3.8, 4) is 11.5 Å². The Morgan fingerprint density at radius 3 is 2.52 bits per heavy atom. The Labute approximate surface area is 181 Å². The third-order valence-corrected chi connectivity index (χ3v) is 5.64. The third-order valence-electron chi connectivity index (χ3n) is 4.22. The second-order valence-corrected chi connectivity index (χ2v) is 8.61. The van der Waals surface area contributed by atoms with Gasteiger partial charge in [-0.3, -0.25) is 14.2 Å². The molecule has 0 aliphatic rings. The highest BCUT2D eigenvalue weighted by Gasteiger charge is 2.21. The molecular formula is C21H24N4O5S. The maximum Gasteiger partial charge on any atom is 0.273 e. The van der Waals surface area contributed by atoms with Crippen molar-refractivity contribution in [1.29, 1.82) is 0 Å². The highest BCUT2D eigenvalue weighted by Crippen LogP contribution is 2.30. The molecule has 0 radical (unpaired) electrons. The van der Waals surface area contributed by atoms with Crippen LogP contribution in [0.15, 0.2) is 59.6 Å². The van der Waals surface area contributed by atoms with Crippen LogP contribution in [0.1, 0.15) is 24.3 Å². The van der Waals surface area contributed by atoms with E-state index in [4.69, 9.17) is 9.47 Å². The fraction of sp³-hybridized carbons (Fsp3) is 0.238. The van der Waals surface area contributed by atoms with E-state index in [-0.39, 0.29) is 22.7 Å². The third kappa shape index (κ3) is 5.34. The van der Waals surface area contributed by atoms with Gasteiger partial charge in [-0.15, -0.1) is 0 Å². The van der Waals surface area contributed by atoms with Crippen molar-refractivity contribution in [2.75, 3.05) is 17.1 Å². The quantitative estimate of drug-likeness (QED) is 0.552. The van der Waals surface area contributed by atoms with Gasteiger partial charge in [0.1, 0.15) is 22.1 Å². The van der Waals surface area contributed by atoms with Gasteiger partial charge in [0.05, 0.1) is 18.9 Å². The lowest BCUT2D eigenvalue weighted by Gasteiger charge is -2.15. The SMILES string of the molecule is COc1cc(NC(=O)c2ccnn2C)ccc1S(=O)(=O)Nc1cccc(OC(C)C)c1. The zero-order valence-corrected chi connectivity index (χ0v) is 18.4. The van der Waals surface area contributed by atoms with Crippen LogP contribution in [0.4, 0.5) is 11.4 Å². The molecular weight excluding hydrogens is 420 g/mol. The smallest absolute Gasteiger partial charge is 0.273 e. The van der Waals surface area contributed by atoms with E-state index in [2.05, 4.69) is 15.1 Å². The highest BCUT2D eigenvalue weighted by atomic mass is 32.2. The van der Waals surface area contributed by atoms with Gasteiger partial charge < -0.3 is 14.8 Å². The number of ether oxygens (including phenoxy) is 2. The Morgan fingerprint density at radius 1 is 1.10 bits per heavy atom. The average Bonchev–Trinajstić information content (AvgIpc) is 3.13. The molecule has 0 unspecified atom stereocenters. The van der Waals surface area contributed by atoms with E-state index in [1.807, 2.05) is 13.8 Å². The van der Waals surface area contributed by atoms with Gasteiger partial charge >= 0.3 is 0 Å². The lowest BCUT2D eigenvalue weighted by molar-refractivity contribution is 0.101. The maximum atomic E-state index is 12.9. The Bertz CT molecular complexity index is 1190. The van der Waals surface area contributed by atoms with E-state index >= 15 is 0 Å². The van der Waals surface area contributed by atoms with Crippen molar-refractivity contribution >= 4 is 27.3 Å². The minimum atomic E-state index is -3.95. The van der Waals surface area contributed by atoms with Crippen molar-refractivity contribution in [3.63, 3.8) is 0 Å². The second-order valence-electron chi connectivity index (χ2n) is 6.96. The molecule has 0 fully saturated rings. The lowest BCUT2D eigenvalue weighted by Crippen LogP contribution is -2.17. The first kappa shape index (κ1) is 22.2. The van der Waals surface area contributed by atoms with Gasteiger partial charge in [0, 0.05) is 31.1 Å². The van der Waals surface area contributed by atoms with Crippen molar-refractivity contribution in [1.82, 2.24) is 9.78 Å². The fourth-order valence-electron chi connectivity index (χ4n) is 2.87. The number of aromatic nitrogens is 2. The number of hydrogen-bond donors (Lipinski definition) is 2. The summed E-state index contributed by atoms with van der Waals surface area (Å²) in [7, 11) is -0.944. The zero-order chi connectivity index (χ0) is 22.6. The van der Waals surface area contributed by atoms with Crippen molar-refractivity contribution in [2.24, 2.45) is 7.05 Å². The van der Waals surface area contributed by atoms with E-state index in [0.717, 1.165) is 0 Å². The van der Waals surface area contributed by atoms with Gasteiger partial charge in [0.25, 0.3) is 15.9 Å². The van der Waals surface area contributed by atoms with Crippen LogP contribution in [0.5, 0.6) is 11.5 Å². The predicted molar refractivity (Wildman–Crippen MR) is 117 cm³/mol. The number of carbonyl (C=O) groups is 1. The van der Waals surface area contributed by atoms with Gasteiger partial charge in [-0.25, -0.2) is 8.42 Å². The zero-order valence-electron chi connectivity index (χ0n) is 17.6. The van der Waals surface area contributed by atoms with E-state index in [0.29, 0.717) is 22.8 Å². The van der Waals surface area contributed by atoms with Crippen molar-refractivity contribution in [2.45, 2.75) is 24.8 Å². The van der Waals surface area contributed by atoms with Crippen LogP contribution in [0, 0.1) is 0 Å². The Balaban J connectivity index is 1.83. The summed E-state index contributed by atoms with van der Waals surface area (Å²) in [5.74, 6) is 0.262. The number of carbonyl (C=O) groups excluding carboxylic acids is 1. The predicted octanol–water partition coefficient (Wildman–Crippen LogP) is 3.27. The number of nitrogens with zero attached hydrogens (tertiary/aromatic N) is 2. The maximum absolute atomic E-state index is 12.9. The number of nitrogens with one attached hydrogen (secondary N) is 2. The van der Waals surface area contributed by atoms with E-state index in [9.17, 15) is 13.2 Å². The number of benzene rings is 2. The van der Waals surface area contributed by atoms with Gasteiger partial charge in [-0.2, -0.15) is 5.10 Å². The molecule has 1 aromatic heterocycles. The summed E-state index contributed by atoms with van der Waals surface area (Å²) in [5.41, 5.74) is 1.10. The molecule has 0 aliphatic carbocycles. The van der Waals surface area contributed by atoms with Crippen LogP contribution in [0.2, 0.25) is 0 Å². The molecule has 3 aromatic rings. The van der Waals surface area contributed by atoms with Gasteiger partial charge in [-0.1, -0.05) is 6.07 Å². The Kier molecular flexibility index (Phi) is 6.50.